The van der Waals surface area contributed by atoms with Crippen molar-refractivity contribution < 1.29 is 27.6 Å². The number of carbonyl (C=O) groups is 3. The molecule has 3 N–H and O–H groups in total. The van der Waals surface area contributed by atoms with Crippen LogP contribution in [-0.4, -0.2) is 52.7 Å². The number of nitrogens with zero attached hydrogens (tertiary/aromatic N) is 3. The van der Waals surface area contributed by atoms with E-state index in [0.29, 0.717) is 16.9 Å². The van der Waals surface area contributed by atoms with Gasteiger partial charge in [0.2, 0.25) is 5.91 Å². The highest BCUT2D eigenvalue weighted by Crippen LogP contribution is 2.16. The first-order valence-electron chi connectivity index (χ1n) is 6.97. The largest absolute Gasteiger partial charge is 0.349 e. The molecular weight excluding hydrogens is 356 g/mol. The zero-order chi connectivity index (χ0) is 19.1. The smallest absolute Gasteiger partial charge is 0.321 e. The molecule has 2 heterocycles. The van der Waals surface area contributed by atoms with Gasteiger partial charge < -0.3 is 10.6 Å². The molecule has 0 unspecified atom stereocenters. The Morgan fingerprint density at radius 2 is 1.92 bits per heavy atom. The number of hydrogen-bond donors (Lipinski definition) is 3. The average molecular weight is 364 g/mol. The third-order valence-electron chi connectivity index (χ3n) is 3.42. The predicted molar refractivity (Wildman–Crippen MR) is 78.7 cm³/mol. The molecule has 13 heteroatoms. The topological polar surface area (TPSA) is 118 Å². The number of urea groups is 1. The second-order valence-electron chi connectivity index (χ2n) is 5.30. The van der Waals surface area contributed by atoms with Crippen molar-refractivity contribution >= 4 is 25.7 Å². The molecule has 9 nitrogen and oxygen atoms in total. The lowest BCUT2D eigenvalue weighted by Crippen LogP contribution is -2.55. The van der Waals surface area contributed by atoms with E-state index in [1.165, 1.54) is 0 Å². The molecule has 1 aliphatic heterocycles. The number of benzene rings is 1. The first-order chi connectivity index (χ1) is 12.2. The summed E-state index contributed by atoms with van der Waals surface area (Å²) in [5.41, 5.74) is -2.35. The molecule has 4 amide bonds. The normalized spacial score (nSPS) is 19.2. The van der Waals surface area contributed by atoms with E-state index in [2.05, 4.69) is 20.8 Å². The summed E-state index contributed by atoms with van der Waals surface area (Å²) >= 11 is 0. The lowest BCUT2D eigenvalue weighted by atomic mass is 9.77. The Bertz CT molecular complexity index is 913. The van der Waals surface area contributed by atoms with Gasteiger partial charge in [0.05, 0.1) is 17.3 Å². The van der Waals surface area contributed by atoms with E-state index in [-0.39, 0.29) is 11.4 Å². The minimum Gasteiger partial charge on any atom is -0.349 e. The van der Waals surface area contributed by atoms with Crippen LogP contribution in [0.3, 0.4) is 0 Å². The average Bonchev–Trinajstić information content (AvgIpc) is 3.15. The Balaban J connectivity index is 1.73. The van der Waals surface area contributed by atoms with Crippen molar-refractivity contribution in [1.29, 1.82) is 0 Å². The standard InChI is InChI=1S/C13H8BF3N6O3/c14-13(11(25)20-12(26)21-13)4-18-10(24)8-3-19-23(22-8)5-1-6(15)9(17)7(16)2-5/h1-3H,4H2,(H,18,24)(H2,20,21,25,26)/t13-/m1/s1. The first kappa shape index (κ1) is 17.4. The summed E-state index contributed by atoms with van der Waals surface area (Å²) in [7, 11) is 5.64. The zero-order valence-electron chi connectivity index (χ0n) is 12.7. The molecule has 1 aromatic carbocycles. The van der Waals surface area contributed by atoms with Gasteiger partial charge in [-0.2, -0.15) is 9.90 Å². The summed E-state index contributed by atoms with van der Waals surface area (Å²) < 4.78 is 39.5. The highest BCUT2D eigenvalue weighted by molar-refractivity contribution is 6.34. The lowest BCUT2D eigenvalue weighted by Gasteiger charge is -2.20. The molecule has 0 spiro atoms. The first-order valence-corrected chi connectivity index (χ1v) is 6.97. The Morgan fingerprint density at radius 1 is 1.27 bits per heavy atom. The van der Waals surface area contributed by atoms with Crippen molar-refractivity contribution in [3.8, 4) is 5.69 Å². The van der Waals surface area contributed by atoms with Crippen LogP contribution >= 0.6 is 0 Å². The maximum Gasteiger partial charge on any atom is 0.321 e. The summed E-state index contributed by atoms with van der Waals surface area (Å²) in [6, 6.07) is 0.485. The number of halogens is 3. The maximum atomic E-state index is 13.2. The summed E-state index contributed by atoms with van der Waals surface area (Å²) in [6.07, 6.45) is 0.977. The van der Waals surface area contributed by atoms with Crippen LogP contribution in [0.25, 0.3) is 5.69 Å². The molecular formula is C13H8BF3N6O3. The van der Waals surface area contributed by atoms with Gasteiger partial charge in [-0.3, -0.25) is 14.9 Å². The fourth-order valence-electron chi connectivity index (χ4n) is 2.09. The minimum absolute atomic E-state index is 0.252. The molecule has 0 bridgehead atoms. The molecule has 0 aliphatic carbocycles. The van der Waals surface area contributed by atoms with E-state index in [9.17, 15) is 27.6 Å². The SMILES string of the molecule is [B][C@]1(CNC(=O)c2cnn(-c3cc(F)c(F)c(F)c3)n2)NC(=O)NC1=O. The summed E-state index contributed by atoms with van der Waals surface area (Å²) in [5.74, 6) is -6.20. The maximum absolute atomic E-state index is 13.2. The number of rotatable bonds is 4. The van der Waals surface area contributed by atoms with Crippen LogP contribution in [0.4, 0.5) is 18.0 Å². The molecule has 0 saturated carbocycles. The predicted octanol–water partition coefficient (Wildman–Crippen LogP) is -0.881. The van der Waals surface area contributed by atoms with E-state index in [1.807, 2.05) is 5.32 Å². The molecule has 1 aromatic heterocycles. The Kier molecular flexibility index (Phi) is 4.14. The molecule has 2 aromatic rings. The van der Waals surface area contributed by atoms with Gasteiger partial charge in [0.15, 0.2) is 23.1 Å². The van der Waals surface area contributed by atoms with Crippen LogP contribution in [0, 0.1) is 17.5 Å². The van der Waals surface area contributed by atoms with Crippen LogP contribution < -0.4 is 16.0 Å². The molecule has 132 valence electrons. The van der Waals surface area contributed by atoms with Gasteiger partial charge >= 0.3 is 6.03 Å². The van der Waals surface area contributed by atoms with Gasteiger partial charge in [0.25, 0.3) is 5.91 Å². The van der Waals surface area contributed by atoms with Crippen LogP contribution in [-0.2, 0) is 4.79 Å². The van der Waals surface area contributed by atoms with Gasteiger partial charge in [0, 0.05) is 18.7 Å². The zero-order valence-corrected chi connectivity index (χ0v) is 12.7. The number of nitrogens with one attached hydrogen (secondary N) is 3. The highest BCUT2D eigenvalue weighted by Gasteiger charge is 2.41. The van der Waals surface area contributed by atoms with Gasteiger partial charge in [-0.25, -0.2) is 18.0 Å². The lowest BCUT2D eigenvalue weighted by molar-refractivity contribution is -0.121. The van der Waals surface area contributed by atoms with Crippen LogP contribution in [0.1, 0.15) is 10.5 Å². The van der Waals surface area contributed by atoms with E-state index in [4.69, 9.17) is 7.85 Å². The van der Waals surface area contributed by atoms with Gasteiger partial charge in [0.1, 0.15) is 7.85 Å². The van der Waals surface area contributed by atoms with Crippen molar-refractivity contribution in [3.05, 3.63) is 41.5 Å². The fourth-order valence-corrected chi connectivity index (χ4v) is 2.09. The number of amides is 4. The van der Waals surface area contributed by atoms with Crippen molar-refractivity contribution in [3.63, 3.8) is 0 Å². The summed E-state index contributed by atoms with van der Waals surface area (Å²) in [4.78, 5) is 35.3. The van der Waals surface area contributed by atoms with Crippen LogP contribution in [0.15, 0.2) is 18.3 Å². The quantitative estimate of drug-likeness (QED) is 0.370. The van der Waals surface area contributed by atoms with Crippen LogP contribution in [0.5, 0.6) is 0 Å². The van der Waals surface area contributed by atoms with Gasteiger partial charge in [-0.05, 0) is 0 Å². The molecule has 3 rings (SSSR count). The summed E-state index contributed by atoms with van der Waals surface area (Å²) in [5, 5.41) is 13.7. The Labute approximate surface area is 144 Å². The van der Waals surface area contributed by atoms with E-state index >= 15 is 0 Å². The second-order valence-corrected chi connectivity index (χ2v) is 5.30. The Hall–Kier alpha value is -3.38. The minimum atomic E-state index is -1.83. The Morgan fingerprint density at radius 3 is 2.50 bits per heavy atom. The molecule has 1 saturated heterocycles. The van der Waals surface area contributed by atoms with Gasteiger partial charge in [-0.15, -0.1) is 5.10 Å². The number of carbonyl (C=O) groups excluding carboxylic acids is 3. The molecule has 1 aliphatic rings. The van der Waals surface area contributed by atoms with Crippen molar-refractivity contribution in [2.45, 2.75) is 5.44 Å². The van der Waals surface area contributed by atoms with Crippen LogP contribution in [0.2, 0.25) is 0 Å². The second kappa shape index (κ2) is 6.17. The van der Waals surface area contributed by atoms with E-state index in [0.717, 1.165) is 6.20 Å². The summed E-state index contributed by atoms with van der Waals surface area (Å²) in [6.45, 7) is -0.448. The van der Waals surface area contributed by atoms with E-state index < -0.39 is 47.3 Å². The number of imide groups is 1. The fraction of sp³-hybridized carbons (Fsp3) is 0.154. The molecule has 2 radical (unpaired) electrons. The molecule has 1 atom stereocenters. The molecule has 26 heavy (non-hydrogen) atoms. The number of hydrogen-bond acceptors (Lipinski definition) is 5. The van der Waals surface area contributed by atoms with Gasteiger partial charge in [-0.1, -0.05) is 0 Å². The molecule has 1 fully saturated rings. The monoisotopic (exact) mass is 364 g/mol. The highest BCUT2D eigenvalue weighted by atomic mass is 19.2. The third-order valence-corrected chi connectivity index (χ3v) is 3.42. The van der Waals surface area contributed by atoms with E-state index in [1.54, 1.807) is 0 Å². The third kappa shape index (κ3) is 3.10. The van der Waals surface area contributed by atoms with Crippen molar-refractivity contribution in [2.24, 2.45) is 0 Å². The van der Waals surface area contributed by atoms with Crippen molar-refractivity contribution in [1.82, 2.24) is 30.9 Å². The van der Waals surface area contributed by atoms with Crippen molar-refractivity contribution in [2.75, 3.05) is 6.54 Å². The number of aromatic nitrogens is 3.